The second-order valence-electron chi connectivity index (χ2n) is 14.6. The van der Waals surface area contributed by atoms with E-state index in [9.17, 15) is 10.2 Å². The quantitative estimate of drug-likeness (QED) is 0.0955. The molecule has 0 spiro atoms. The van der Waals surface area contributed by atoms with Crippen LogP contribution in [0.2, 0.25) is 0 Å². The largest absolute Gasteiger partial charge is 0.508 e. The van der Waals surface area contributed by atoms with Gasteiger partial charge in [-0.2, -0.15) is 0 Å². The summed E-state index contributed by atoms with van der Waals surface area (Å²) >= 11 is 0. The Morgan fingerprint density at radius 2 is 0.690 bits per heavy atom. The second-order valence-corrected chi connectivity index (χ2v) is 14.6. The van der Waals surface area contributed by atoms with Crippen LogP contribution in [-0.2, 0) is 0 Å². The predicted octanol–water partition coefficient (Wildman–Crippen LogP) is 11.4. The fourth-order valence-electron chi connectivity index (χ4n) is 6.74. The van der Waals surface area contributed by atoms with E-state index in [1.807, 2.05) is 88.9 Å². The van der Waals surface area contributed by atoms with Gasteiger partial charge in [-0.25, -0.2) is 0 Å². The van der Waals surface area contributed by atoms with Crippen molar-refractivity contribution in [2.45, 2.75) is 26.7 Å². The molecule has 0 saturated carbocycles. The van der Waals surface area contributed by atoms with Crippen molar-refractivity contribution in [3.05, 3.63) is 191 Å². The third-order valence-electron chi connectivity index (χ3n) is 9.77. The monoisotopic (exact) mass is 774 g/mol. The normalized spacial score (nSPS) is 12.0. The number of aromatic hydroxyl groups is 2. The Bertz CT molecular complexity index is 2010. The average molecular weight is 775 g/mol. The van der Waals surface area contributed by atoms with Gasteiger partial charge in [0, 0.05) is 13.1 Å². The summed E-state index contributed by atoms with van der Waals surface area (Å²) in [5.41, 5.74) is 11.8. The first-order valence-corrected chi connectivity index (χ1v) is 20.1. The van der Waals surface area contributed by atoms with Gasteiger partial charge in [0.05, 0.1) is 0 Å². The molecular weight excluding hydrogens is 717 g/mol. The molecule has 0 unspecified atom stereocenters. The molecule has 0 bridgehead atoms. The van der Waals surface area contributed by atoms with Crippen LogP contribution in [0.5, 0.6) is 23.0 Å². The standard InChI is InChI=1S/2C26H29NO2/c2*1-4-25(20-8-6-5-7-9-20)26(21-10-14-23(28)15-11-21)22-12-16-24(17-13-22)29-19-18-27(2)3/h2*5-17,28H,4,18-19H2,1-3H3/b26-25+;26-25-. The van der Waals surface area contributed by atoms with Crippen LogP contribution in [0.15, 0.2) is 158 Å². The fraction of sp³-hybridized carbons (Fsp3) is 0.231. The maximum absolute atomic E-state index is 9.74. The maximum atomic E-state index is 9.74. The van der Waals surface area contributed by atoms with Gasteiger partial charge in [-0.3, -0.25) is 0 Å². The molecule has 0 atom stereocenters. The summed E-state index contributed by atoms with van der Waals surface area (Å²) in [5, 5.41) is 19.5. The van der Waals surface area contributed by atoms with Crippen molar-refractivity contribution < 1.29 is 19.7 Å². The average Bonchev–Trinajstić information content (AvgIpc) is 3.24. The van der Waals surface area contributed by atoms with E-state index in [2.05, 4.69) is 96.4 Å². The lowest BCUT2D eigenvalue weighted by atomic mass is 9.88. The topological polar surface area (TPSA) is 65.4 Å². The number of phenols is 2. The lowest BCUT2D eigenvalue weighted by Crippen LogP contribution is -2.19. The lowest BCUT2D eigenvalue weighted by Gasteiger charge is -2.17. The fourth-order valence-corrected chi connectivity index (χ4v) is 6.74. The summed E-state index contributed by atoms with van der Waals surface area (Å²) in [6.45, 7) is 7.46. The molecule has 0 aliphatic heterocycles. The minimum absolute atomic E-state index is 0.274. The molecule has 0 aliphatic carbocycles. The van der Waals surface area contributed by atoms with Crippen LogP contribution in [0, 0.1) is 0 Å². The highest BCUT2D eigenvalue weighted by Crippen LogP contribution is 2.37. The first-order valence-electron chi connectivity index (χ1n) is 20.1. The molecule has 6 rings (SSSR count). The van der Waals surface area contributed by atoms with E-state index in [-0.39, 0.29) is 11.5 Å². The zero-order chi connectivity index (χ0) is 41.3. The number of nitrogens with zero attached hydrogens (tertiary/aromatic N) is 2. The number of benzene rings is 6. The highest BCUT2D eigenvalue weighted by molar-refractivity contribution is 5.99. The van der Waals surface area contributed by atoms with E-state index in [1.54, 1.807) is 24.3 Å². The Balaban J connectivity index is 0.000000221. The Hall–Kier alpha value is -6.08. The van der Waals surface area contributed by atoms with E-state index in [0.29, 0.717) is 13.2 Å². The van der Waals surface area contributed by atoms with Gasteiger partial charge in [0.1, 0.15) is 36.2 Å². The van der Waals surface area contributed by atoms with Crippen molar-refractivity contribution in [1.82, 2.24) is 9.80 Å². The second kappa shape index (κ2) is 22.0. The van der Waals surface area contributed by atoms with E-state index in [1.165, 1.54) is 33.4 Å². The first-order chi connectivity index (χ1) is 28.2. The number of rotatable bonds is 16. The Morgan fingerprint density at radius 1 is 0.397 bits per heavy atom. The van der Waals surface area contributed by atoms with Gasteiger partial charge in [0.2, 0.25) is 0 Å². The smallest absolute Gasteiger partial charge is 0.119 e. The van der Waals surface area contributed by atoms with Crippen LogP contribution in [0.4, 0.5) is 0 Å². The Morgan fingerprint density at radius 3 is 0.966 bits per heavy atom. The predicted molar refractivity (Wildman–Crippen MR) is 242 cm³/mol. The van der Waals surface area contributed by atoms with Crippen LogP contribution < -0.4 is 9.47 Å². The van der Waals surface area contributed by atoms with Crippen LogP contribution in [0.3, 0.4) is 0 Å². The van der Waals surface area contributed by atoms with Crippen LogP contribution in [0.25, 0.3) is 22.3 Å². The third-order valence-corrected chi connectivity index (χ3v) is 9.77. The van der Waals surface area contributed by atoms with Gasteiger partial charge in [0.25, 0.3) is 0 Å². The Kier molecular flexibility index (Phi) is 16.3. The number of allylic oxidation sites excluding steroid dienone is 2. The van der Waals surface area contributed by atoms with Gasteiger partial charge in [-0.15, -0.1) is 0 Å². The molecular formula is C52H58N2O4. The molecule has 2 N–H and O–H groups in total. The summed E-state index contributed by atoms with van der Waals surface area (Å²) in [6, 6.07) is 52.4. The highest BCUT2D eigenvalue weighted by atomic mass is 16.5. The van der Waals surface area contributed by atoms with E-state index >= 15 is 0 Å². The number of likely N-dealkylation sites (N-methyl/N-ethyl adjacent to an activating group) is 2. The van der Waals surface area contributed by atoms with E-state index in [0.717, 1.165) is 59.7 Å². The van der Waals surface area contributed by atoms with Crippen molar-refractivity contribution >= 4 is 22.3 Å². The van der Waals surface area contributed by atoms with Crippen LogP contribution in [0.1, 0.15) is 60.1 Å². The van der Waals surface area contributed by atoms with Crippen molar-refractivity contribution in [3.63, 3.8) is 0 Å². The minimum Gasteiger partial charge on any atom is -0.508 e. The lowest BCUT2D eigenvalue weighted by molar-refractivity contribution is 0.261. The zero-order valence-electron chi connectivity index (χ0n) is 34.9. The molecule has 58 heavy (non-hydrogen) atoms. The molecule has 0 saturated heterocycles. The first kappa shape index (κ1) is 43.1. The molecule has 0 aliphatic rings. The van der Waals surface area contributed by atoms with Gasteiger partial charge in [0.15, 0.2) is 0 Å². The minimum atomic E-state index is 0.274. The number of ether oxygens (including phenoxy) is 2. The summed E-state index contributed by atoms with van der Waals surface area (Å²) in [4.78, 5) is 4.21. The molecule has 6 aromatic carbocycles. The van der Waals surface area contributed by atoms with E-state index in [4.69, 9.17) is 9.47 Å². The van der Waals surface area contributed by atoms with Gasteiger partial charge >= 0.3 is 0 Å². The molecule has 6 nitrogen and oxygen atoms in total. The highest BCUT2D eigenvalue weighted by Gasteiger charge is 2.15. The van der Waals surface area contributed by atoms with Gasteiger partial charge in [-0.1, -0.05) is 123 Å². The van der Waals surface area contributed by atoms with E-state index < -0.39 is 0 Å². The molecule has 0 amide bonds. The molecule has 0 fully saturated rings. The maximum Gasteiger partial charge on any atom is 0.119 e. The van der Waals surface area contributed by atoms with Gasteiger partial charge < -0.3 is 29.5 Å². The summed E-state index contributed by atoms with van der Waals surface area (Å²) in [5.74, 6) is 2.29. The number of hydrogen-bond acceptors (Lipinski definition) is 6. The van der Waals surface area contributed by atoms with Crippen molar-refractivity contribution in [2.75, 3.05) is 54.5 Å². The van der Waals surface area contributed by atoms with Crippen LogP contribution in [-0.4, -0.2) is 74.5 Å². The number of phenolic OH excluding ortho intramolecular Hbond substituents is 2. The molecule has 0 radical (unpaired) electrons. The van der Waals surface area contributed by atoms with Crippen molar-refractivity contribution in [1.29, 1.82) is 0 Å². The SMILES string of the molecule is CC/C(=C(/c1ccc(O)cc1)c1ccc(OCCN(C)C)cc1)c1ccccc1.CC/C(=C(\c1ccc(O)cc1)c1ccc(OCCN(C)C)cc1)c1ccccc1. The molecule has 6 aromatic rings. The molecule has 0 heterocycles. The Labute approximate surface area is 346 Å². The molecule has 6 heteroatoms. The van der Waals surface area contributed by atoms with Crippen LogP contribution >= 0.6 is 0 Å². The van der Waals surface area contributed by atoms with Gasteiger partial charge in [-0.05, 0) is 145 Å². The zero-order valence-corrected chi connectivity index (χ0v) is 34.9. The summed E-state index contributed by atoms with van der Waals surface area (Å²) in [6.07, 6.45) is 1.81. The summed E-state index contributed by atoms with van der Waals surface area (Å²) < 4.78 is 11.7. The number of hydrogen-bond donors (Lipinski definition) is 2. The van der Waals surface area contributed by atoms with Crippen molar-refractivity contribution in [3.8, 4) is 23.0 Å². The molecule has 0 aromatic heterocycles. The summed E-state index contributed by atoms with van der Waals surface area (Å²) in [7, 11) is 8.15. The van der Waals surface area contributed by atoms with Crippen molar-refractivity contribution in [2.24, 2.45) is 0 Å². The third kappa shape index (κ3) is 12.5. The molecule has 300 valence electrons.